The number of pyridine rings is 1. The second kappa shape index (κ2) is 8.65. The molecule has 1 fully saturated rings. The SMILES string of the molecule is CCN(Cc1ccccc1)C(=O)c1ccc(N2CCCCCC2)cn1. The number of carbonyl (C=O) groups is 1. The molecule has 25 heavy (non-hydrogen) atoms. The van der Waals surface area contributed by atoms with E-state index < -0.39 is 0 Å². The van der Waals surface area contributed by atoms with E-state index in [9.17, 15) is 4.79 Å². The Kier molecular flexibility index (Phi) is 6.04. The molecule has 1 aromatic heterocycles. The van der Waals surface area contributed by atoms with Crippen LogP contribution < -0.4 is 4.90 Å². The van der Waals surface area contributed by atoms with Crippen LogP contribution in [0.4, 0.5) is 5.69 Å². The Morgan fingerprint density at radius 2 is 1.76 bits per heavy atom. The Bertz CT molecular complexity index is 661. The zero-order chi connectivity index (χ0) is 17.5. The van der Waals surface area contributed by atoms with Gasteiger partial charge in [-0.1, -0.05) is 43.2 Å². The molecule has 1 amide bonds. The van der Waals surface area contributed by atoms with Crippen molar-refractivity contribution in [1.29, 1.82) is 0 Å². The van der Waals surface area contributed by atoms with Crippen LogP contribution in [0, 0.1) is 0 Å². The van der Waals surface area contributed by atoms with E-state index >= 15 is 0 Å². The second-order valence-electron chi connectivity index (χ2n) is 6.61. The van der Waals surface area contributed by atoms with Gasteiger partial charge in [0.1, 0.15) is 5.69 Å². The van der Waals surface area contributed by atoms with Gasteiger partial charge < -0.3 is 9.80 Å². The summed E-state index contributed by atoms with van der Waals surface area (Å²) in [6.07, 6.45) is 6.95. The lowest BCUT2D eigenvalue weighted by Gasteiger charge is -2.23. The third-order valence-corrected chi connectivity index (χ3v) is 4.82. The molecule has 0 bridgehead atoms. The molecule has 4 nitrogen and oxygen atoms in total. The van der Waals surface area contributed by atoms with Gasteiger partial charge in [0, 0.05) is 26.2 Å². The maximum atomic E-state index is 12.8. The highest BCUT2D eigenvalue weighted by atomic mass is 16.2. The molecule has 1 aromatic carbocycles. The highest BCUT2D eigenvalue weighted by Crippen LogP contribution is 2.19. The van der Waals surface area contributed by atoms with Crippen molar-refractivity contribution in [1.82, 2.24) is 9.88 Å². The van der Waals surface area contributed by atoms with Crippen LogP contribution in [0.2, 0.25) is 0 Å². The smallest absolute Gasteiger partial charge is 0.272 e. The van der Waals surface area contributed by atoms with E-state index in [2.05, 4.69) is 9.88 Å². The average Bonchev–Trinajstić information content (AvgIpc) is 2.96. The van der Waals surface area contributed by atoms with Crippen molar-refractivity contribution in [3.8, 4) is 0 Å². The molecule has 0 unspecified atom stereocenters. The van der Waals surface area contributed by atoms with Crippen molar-refractivity contribution in [2.45, 2.75) is 39.2 Å². The van der Waals surface area contributed by atoms with E-state index in [4.69, 9.17) is 0 Å². The van der Waals surface area contributed by atoms with Crippen LogP contribution in [0.15, 0.2) is 48.7 Å². The summed E-state index contributed by atoms with van der Waals surface area (Å²) in [5.74, 6) is -0.00577. The Hall–Kier alpha value is -2.36. The molecule has 0 N–H and O–H groups in total. The summed E-state index contributed by atoms with van der Waals surface area (Å²) in [7, 11) is 0. The maximum Gasteiger partial charge on any atom is 0.272 e. The fourth-order valence-electron chi connectivity index (χ4n) is 3.32. The van der Waals surface area contributed by atoms with E-state index in [1.807, 2.05) is 60.5 Å². The van der Waals surface area contributed by atoms with Crippen LogP contribution in [0.5, 0.6) is 0 Å². The Balaban J connectivity index is 1.68. The predicted molar refractivity (Wildman–Crippen MR) is 102 cm³/mol. The Morgan fingerprint density at radius 3 is 2.36 bits per heavy atom. The molecule has 2 aromatic rings. The summed E-state index contributed by atoms with van der Waals surface area (Å²) in [5, 5.41) is 0. The molecule has 4 heteroatoms. The van der Waals surface area contributed by atoms with Crippen molar-refractivity contribution in [2.75, 3.05) is 24.5 Å². The van der Waals surface area contributed by atoms with Crippen molar-refractivity contribution in [2.24, 2.45) is 0 Å². The fourth-order valence-corrected chi connectivity index (χ4v) is 3.32. The van der Waals surface area contributed by atoms with Gasteiger partial charge in [0.2, 0.25) is 0 Å². The first-order valence-corrected chi connectivity index (χ1v) is 9.32. The predicted octanol–water partition coefficient (Wildman–Crippen LogP) is 4.12. The third kappa shape index (κ3) is 4.59. The highest BCUT2D eigenvalue weighted by molar-refractivity contribution is 5.92. The standard InChI is InChI=1S/C21H27N3O/c1-2-23(17-18-10-6-5-7-11-18)21(25)20-13-12-19(16-22-20)24-14-8-3-4-9-15-24/h5-7,10-13,16H,2-4,8-9,14-15,17H2,1H3. The zero-order valence-corrected chi connectivity index (χ0v) is 15.0. The van der Waals surface area contributed by atoms with Crippen LogP contribution in [-0.4, -0.2) is 35.4 Å². The zero-order valence-electron chi connectivity index (χ0n) is 15.0. The van der Waals surface area contributed by atoms with Crippen LogP contribution in [-0.2, 0) is 6.54 Å². The maximum absolute atomic E-state index is 12.8. The molecule has 1 saturated heterocycles. The molecular formula is C21H27N3O. The number of aromatic nitrogens is 1. The largest absolute Gasteiger partial charge is 0.370 e. The van der Waals surface area contributed by atoms with Crippen molar-refractivity contribution in [3.05, 3.63) is 59.9 Å². The number of benzene rings is 1. The summed E-state index contributed by atoms with van der Waals surface area (Å²) in [6, 6.07) is 14.0. The Morgan fingerprint density at radius 1 is 1.04 bits per heavy atom. The van der Waals surface area contributed by atoms with Gasteiger partial charge in [0.25, 0.3) is 5.91 Å². The number of nitrogens with zero attached hydrogens (tertiary/aromatic N) is 3. The highest BCUT2D eigenvalue weighted by Gasteiger charge is 2.17. The summed E-state index contributed by atoms with van der Waals surface area (Å²) < 4.78 is 0. The molecule has 1 aliphatic heterocycles. The van der Waals surface area contributed by atoms with E-state index in [1.165, 1.54) is 25.7 Å². The van der Waals surface area contributed by atoms with E-state index in [0.29, 0.717) is 18.8 Å². The molecule has 0 atom stereocenters. The van der Waals surface area contributed by atoms with Gasteiger partial charge in [-0.15, -0.1) is 0 Å². The second-order valence-corrected chi connectivity index (χ2v) is 6.61. The molecule has 132 valence electrons. The number of anilines is 1. The molecule has 0 saturated carbocycles. The summed E-state index contributed by atoms with van der Waals surface area (Å²) in [5.41, 5.74) is 2.79. The number of hydrogen-bond acceptors (Lipinski definition) is 3. The number of rotatable bonds is 5. The minimum Gasteiger partial charge on any atom is -0.370 e. The molecular weight excluding hydrogens is 310 g/mol. The number of amides is 1. The molecule has 2 heterocycles. The molecule has 0 radical (unpaired) electrons. The van der Waals surface area contributed by atoms with Gasteiger partial charge in [0.05, 0.1) is 11.9 Å². The van der Waals surface area contributed by atoms with Crippen LogP contribution in [0.1, 0.15) is 48.7 Å². The molecule has 3 rings (SSSR count). The summed E-state index contributed by atoms with van der Waals surface area (Å²) in [6.45, 7) is 5.47. The van der Waals surface area contributed by atoms with Crippen molar-refractivity contribution >= 4 is 11.6 Å². The first kappa shape index (κ1) is 17.5. The summed E-state index contributed by atoms with van der Waals surface area (Å²) >= 11 is 0. The molecule has 0 spiro atoms. The minimum atomic E-state index is -0.00577. The Labute approximate surface area is 150 Å². The van der Waals surface area contributed by atoms with Crippen LogP contribution >= 0.6 is 0 Å². The van der Waals surface area contributed by atoms with Crippen molar-refractivity contribution in [3.63, 3.8) is 0 Å². The van der Waals surface area contributed by atoms with Gasteiger partial charge >= 0.3 is 0 Å². The third-order valence-electron chi connectivity index (χ3n) is 4.82. The fraction of sp³-hybridized carbons (Fsp3) is 0.429. The van der Waals surface area contributed by atoms with E-state index in [-0.39, 0.29) is 5.91 Å². The van der Waals surface area contributed by atoms with Gasteiger partial charge in [-0.2, -0.15) is 0 Å². The van der Waals surface area contributed by atoms with Crippen LogP contribution in [0.3, 0.4) is 0 Å². The summed E-state index contributed by atoms with van der Waals surface area (Å²) in [4.78, 5) is 21.5. The van der Waals surface area contributed by atoms with Gasteiger partial charge in [-0.25, -0.2) is 4.98 Å². The minimum absolute atomic E-state index is 0.00577. The van der Waals surface area contributed by atoms with Gasteiger partial charge in [0.15, 0.2) is 0 Å². The number of hydrogen-bond donors (Lipinski definition) is 0. The normalized spacial score (nSPS) is 14.8. The lowest BCUT2D eigenvalue weighted by molar-refractivity contribution is 0.0746. The van der Waals surface area contributed by atoms with Crippen LogP contribution in [0.25, 0.3) is 0 Å². The monoisotopic (exact) mass is 337 g/mol. The molecule has 0 aliphatic carbocycles. The first-order chi connectivity index (χ1) is 12.3. The van der Waals surface area contributed by atoms with Crippen molar-refractivity contribution < 1.29 is 4.79 Å². The molecule has 1 aliphatic rings. The lowest BCUT2D eigenvalue weighted by Crippen LogP contribution is -2.31. The lowest BCUT2D eigenvalue weighted by atomic mass is 10.2. The first-order valence-electron chi connectivity index (χ1n) is 9.32. The average molecular weight is 337 g/mol. The number of carbonyl (C=O) groups excluding carboxylic acids is 1. The van der Waals surface area contributed by atoms with Gasteiger partial charge in [-0.3, -0.25) is 4.79 Å². The van der Waals surface area contributed by atoms with Gasteiger partial charge in [-0.05, 0) is 37.5 Å². The quantitative estimate of drug-likeness (QED) is 0.823. The van der Waals surface area contributed by atoms with E-state index in [0.717, 1.165) is 24.3 Å². The topological polar surface area (TPSA) is 36.4 Å². The van der Waals surface area contributed by atoms with E-state index in [1.54, 1.807) is 0 Å².